The fraction of sp³-hybridized carbons (Fsp3) is 0.529. The van der Waals surface area contributed by atoms with Gasteiger partial charge in [0.05, 0.1) is 6.42 Å². The molecule has 2 N–H and O–H groups in total. The molecular formula is C17H21FN2O6S. The van der Waals surface area contributed by atoms with E-state index in [4.69, 9.17) is 9.84 Å². The summed E-state index contributed by atoms with van der Waals surface area (Å²) in [5.74, 6) is -3.04. The topological polar surface area (TPSA) is 113 Å². The number of likely N-dealkylation sites (tertiary alicyclic amines) is 1. The number of Topliss-reactive ketones (excluding diaryl/α,β-unsaturated/α-hetero) is 1. The van der Waals surface area contributed by atoms with Gasteiger partial charge in [0.15, 0.2) is 5.78 Å². The minimum Gasteiger partial charge on any atom is -0.481 e. The van der Waals surface area contributed by atoms with Crippen LogP contribution in [0.15, 0.2) is 16.8 Å². The smallest absolute Gasteiger partial charge is 0.410 e. The second kappa shape index (κ2) is 10.0. The molecule has 148 valence electrons. The van der Waals surface area contributed by atoms with Crippen LogP contribution < -0.4 is 5.32 Å². The summed E-state index contributed by atoms with van der Waals surface area (Å²) in [6.45, 7) is -0.994. The number of carboxylic acids is 1. The van der Waals surface area contributed by atoms with E-state index in [2.05, 4.69) is 5.32 Å². The fourth-order valence-electron chi connectivity index (χ4n) is 2.81. The van der Waals surface area contributed by atoms with Crippen LogP contribution in [0, 0.1) is 0 Å². The minimum atomic E-state index is -1.47. The number of ether oxygens (including phenoxy) is 1. The molecule has 27 heavy (non-hydrogen) atoms. The van der Waals surface area contributed by atoms with Gasteiger partial charge in [0.2, 0.25) is 5.91 Å². The number of halogens is 1. The lowest BCUT2D eigenvalue weighted by Crippen LogP contribution is -2.55. The first kappa shape index (κ1) is 20.8. The summed E-state index contributed by atoms with van der Waals surface area (Å²) in [5.41, 5.74) is 0.835. The Morgan fingerprint density at radius 3 is 2.78 bits per heavy atom. The molecule has 2 amide bonds. The summed E-state index contributed by atoms with van der Waals surface area (Å²) in [7, 11) is 0. The van der Waals surface area contributed by atoms with Gasteiger partial charge in [-0.25, -0.2) is 9.18 Å². The molecule has 0 spiro atoms. The first-order valence-corrected chi connectivity index (χ1v) is 9.42. The van der Waals surface area contributed by atoms with Gasteiger partial charge in [-0.2, -0.15) is 11.3 Å². The summed E-state index contributed by atoms with van der Waals surface area (Å²) in [6, 6.07) is -0.541. The molecule has 2 rings (SSSR count). The molecule has 0 aromatic carbocycles. The number of alkyl halides is 1. The van der Waals surface area contributed by atoms with E-state index in [9.17, 15) is 23.6 Å². The maximum absolute atomic E-state index is 12.6. The Hall–Kier alpha value is -2.49. The maximum atomic E-state index is 12.6. The number of nitrogens with one attached hydrogen (secondary N) is 1. The number of carbonyl (C=O) groups excluding carboxylic acids is 3. The van der Waals surface area contributed by atoms with Gasteiger partial charge in [-0.1, -0.05) is 0 Å². The van der Waals surface area contributed by atoms with E-state index in [0.717, 1.165) is 5.56 Å². The molecule has 2 atom stereocenters. The van der Waals surface area contributed by atoms with E-state index in [0.29, 0.717) is 25.8 Å². The van der Waals surface area contributed by atoms with Crippen LogP contribution in [0.25, 0.3) is 0 Å². The summed E-state index contributed by atoms with van der Waals surface area (Å²) in [6.07, 6.45) is 0.353. The molecular weight excluding hydrogens is 379 g/mol. The summed E-state index contributed by atoms with van der Waals surface area (Å²) < 4.78 is 17.9. The third-order valence-electron chi connectivity index (χ3n) is 4.20. The lowest BCUT2D eigenvalue weighted by molar-refractivity contribution is -0.140. The lowest BCUT2D eigenvalue weighted by atomic mass is 10.0. The van der Waals surface area contributed by atoms with E-state index in [1.54, 1.807) is 0 Å². The van der Waals surface area contributed by atoms with Crippen LogP contribution in [0.4, 0.5) is 9.18 Å². The standard InChI is InChI=1S/C17H21FN2O6S/c18-8-14(21)12(7-15(22)23)19-16(24)13-3-1-2-5-20(13)17(25)26-9-11-4-6-27-10-11/h4,6,10,12-13H,1-3,5,7-9H2,(H,19,24)(H,22,23)/t12-,13-/m0/s1. The fourth-order valence-corrected chi connectivity index (χ4v) is 3.46. The Labute approximate surface area is 159 Å². The van der Waals surface area contributed by atoms with Gasteiger partial charge in [0, 0.05) is 12.1 Å². The monoisotopic (exact) mass is 400 g/mol. The predicted octanol–water partition coefficient (Wildman–Crippen LogP) is 1.74. The Bertz CT molecular complexity index is 681. The van der Waals surface area contributed by atoms with Crippen LogP contribution in [0.2, 0.25) is 0 Å². The molecule has 1 aliphatic rings. The molecule has 2 heterocycles. The number of hydrogen-bond donors (Lipinski definition) is 2. The van der Waals surface area contributed by atoms with Gasteiger partial charge in [-0.15, -0.1) is 0 Å². The van der Waals surface area contributed by atoms with Crippen molar-refractivity contribution in [3.8, 4) is 0 Å². The van der Waals surface area contributed by atoms with Crippen molar-refractivity contribution in [3.63, 3.8) is 0 Å². The Morgan fingerprint density at radius 1 is 1.37 bits per heavy atom. The van der Waals surface area contributed by atoms with E-state index >= 15 is 0 Å². The van der Waals surface area contributed by atoms with Crippen molar-refractivity contribution in [1.82, 2.24) is 10.2 Å². The van der Waals surface area contributed by atoms with Gasteiger partial charge in [0.1, 0.15) is 25.4 Å². The quantitative estimate of drug-likeness (QED) is 0.687. The third-order valence-corrected chi connectivity index (χ3v) is 4.93. The van der Waals surface area contributed by atoms with E-state index < -0.39 is 48.9 Å². The zero-order valence-electron chi connectivity index (χ0n) is 14.6. The first-order valence-electron chi connectivity index (χ1n) is 8.47. The molecule has 0 saturated carbocycles. The molecule has 10 heteroatoms. The minimum absolute atomic E-state index is 0.0785. The number of amides is 2. The van der Waals surface area contributed by atoms with Gasteiger partial charge in [0.25, 0.3) is 0 Å². The van der Waals surface area contributed by atoms with Crippen molar-refractivity contribution in [2.75, 3.05) is 13.2 Å². The summed E-state index contributed by atoms with van der Waals surface area (Å²) >= 11 is 1.47. The van der Waals surface area contributed by atoms with Crippen molar-refractivity contribution in [2.24, 2.45) is 0 Å². The van der Waals surface area contributed by atoms with Crippen LogP contribution in [0.1, 0.15) is 31.2 Å². The zero-order chi connectivity index (χ0) is 19.8. The van der Waals surface area contributed by atoms with E-state index in [1.165, 1.54) is 16.2 Å². The average molecular weight is 400 g/mol. The molecule has 1 fully saturated rings. The van der Waals surface area contributed by atoms with Gasteiger partial charge < -0.3 is 15.2 Å². The largest absolute Gasteiger partial charge is 0.481 e. The Balaban J connectivity index is 2.01. The molecule has 1 saturated heterocycles. The molecule has 0 aliphatic carbocycles. The van der Waals surface area contributed by atoms with Crippen molar-refractivity contribution >= 4 is 35.1 Å². The number of carboxylic acid groups (broad SMARTS) is 1. The van der Waals surface area contributed by atoms with E-state index in [-0.39, 0.29) is 6.61 Å². The van der Waals surface area contributed by atoms with Crippen molar-refractivity contribution in [2.45, 2.75) is 44.4 Å². The van der Waals surface area contributed by atoms with Gasteiger partial charge >= 0.3 is 12.1 Å². The average Bonchev–Trinajstić information content (AvgIpc) is 3.18. The highest BCUT2D eigenvalue weighted by atomic mass is 32.1. The second-order valence-electron chi connectivity index (χ2n) is 6.15. The molecule has 1 aromatic heterocycles. The summed E-state index contributed by atoms with van der Waals surface area (Å²) in [5, 5.41) is 14.8. The molecule has 1 aliphatic heterocycles. The van der Waals surface area contributed by atoms with Crippen LogP contribution in [0.5, 0.6) is 0 Å². The summed E-state index contributed by atoms with van der Waals surface area (Å²) in [4.78, 5) is 48.6. The molecule has 0 unspecified atom stereocenters. The number of piperidine rings is 1. The number of hydrogen-bond acceptors (Lipinski definition) is 6. The number of aliphatic carboxylic acids is 1. The number of carbonyl (C=O) groups is 4. The van der Waals surface area contributed by atoms with Crippen LogP contribution >= 0.6 is 11.3 Å². The SMILES string of the molecule is O=C(O)C[C@H](NC(=O)[C@@H]1CCCCN1C(=O)OCc1ccsc1)C(=O)CF. The third kappa shape index (κ3) is 6.02. The molecule has 8 nitrogen and oxygen atoms in total. The molecule has 0 bridgehead atoms. The predicted molar refractivity (Wildman–Crippen MR) is 94.0 cm³/mol. The Kier molecular flexibility index (Phi) is 7.71. The second-order valence-corrected chi connectivity index (χ2v) is 6.93. The zero-order valence-corrected chi connectivity index (χ0v) is 15.4. The highest BCUT2D eigenvalue weighted by Gasteiger charge is 2.35. The van der Waals surface area contributed by atoms with Crippen molar-refractivity contribution in [1.29, 1.82) is 0 Å². The molecule has 0 radical (unpaired) electrons. The van der Waals surface area contributed by atoms with Crippen LogP contribution in [-0.4, -0.2) is 59.1 Å². The lowest BCUT2D eigenvalue weighted by Gasteiger charge is -2.34. The Morgan fingerprint density at radius 2 is 2.15 bits per heavy atom. The maximum Gasteiger partial charge on any atom is 0.410 e. The van der Waals surface area contributed by atoms with Crippen molar-refractivity contribution in [3.05, 3.63) is 22.4 Å². The molecule has 1 aromatic rings. The highest BCUT2D eigenvalue weighted by Crippen LogP contribution is 2.19. The number of rotatable bonds is 8. The highest BCUT2D eigenvalue weighted by molar-refractivity contribution is 7.07. The van der Waals surface area contributed by atoms with Gasteiger partial charge in [-0.3, -0.25) is 19.3 Å². The normalized spacial score (nSPS) is 17.8. The van der Waals surface area contributed by atoms with Crippen molar-refractivity contribution < 1.29 is 33.4 Å². The van der Waals surface area contributed by atoms with E-state index in [1.807, 2.05) is 16.8 Å². The van der Waals surface area contributed by atoms with Crippen LogP contribution in [0.3, 0.4) is 0 Å². The number of nitrogens with zero attached hydrogens (tertiary/aromatic N) is 1. The van der Waals surface area contributed by atoms with Crippen LogP contribution in [-0.2, 0) is 25.7 Å². The number of thiophene rings is 1. The number of ketones is 1. The van der Waals surface area contributed by atoms with Gasteiger partial charge in [-0.05, 0) is 36.1 Å². The first-order chi connectivity index (χ1) is 12.9.